The summed E-state index contributed by atoms with van der Waals surface area (Å²) in [5.41, 5.74) is 3.43. The molecule has 4 rings (SSSR count). The summed E-state index contributed by atoms with van der Waals surface area (Å²) in [6.07, 6.45) is 3.02. The van der Waals surface area contributed by atoms with Crippen LogP contribution in [0, 0.1) is 20.8 Å². The Hall–Kier alpha value is -3.20. The third-order valence-corrected chi connectivity index (χ3v) is 7.34. The highest BCUT2D eigenvalue weighted by atomic mass is 32.2. The van der Waals surface area contributed by atoms with Gasteiger partial charge in [-0.1, -0.05) is 29.4 Å². The number of hydrogen-bond donors (Lipinski definition) is 1. The largest absolute Gasteiger partial charge is 0.334 e. The van der Waals surface area contributed by atoms with Gasteiger partial charge in [0.25, 0.3) is 10.0 Å². The van der Waals surface area contributed by atoms with Gasteiger partial charge >= 0.3 is 11.8 Å². The summed E-state index contributed by atoms with van der Waals surface area (Å²) < 4.78 is 34.2. The lowest BCUT2D eigenvalue weighted by Gasteiger charge is -2.24. The molecule has 0 aliphatic carbocycles. The number of carbonyl (C=O) groups excluding carboxylic acids is 1. The van der Waals surface area contributed by atoms with Crippen LogP contribution in [0.4, 0.5) is 5.69 Å². The first-order valence-corrected chi connectivity index (χ1v) is 12.1. The second-order valence-electron chi connectivity index (χ2n) is 8.11. The Morgan fingerprint density at radius 3 is 2.53 bits per heavy atom. The highest BCUT2D eigenvalue weighted by Gasteiger charge is 2.25. The van der Waals surface area contributed by atoms with Crippen molar-refractivity contribution in [1.29, 1.82) is 0 Å². The van der Waals surface area contributed by atoms with E-state index in [1.54, 1.807) is 30.0 Å². The molecule has 0 saturated carbocycles. The fourth-order valence-corrected chi connectivity index (χ4v) is 5.14. The van der Waals surface area contributed by atoms with E-state index in [4.69, 9.17) is 4.52 Å². The van der Waals surface area contributed by atoms with E-state index in [1.165, 1.54) is 6.07 Å². The first-order chi connectivity index (χ1) is 15.3. The van der Waals surface area contributed by atoms with Crippen LogP contribution >= 0.6 is 0 Å². The van der Waals surface area contributed by atoms with Crippen molar-refractivity contribution in [3.63, 3.8) is 0 Å². The third-order valence-electron chi connectivity index (χ3n) is 5.84. The smallest absolute Gasteiger partial charge is 0.316 e. The molecule has 0 radical (unpaired) electrons. The number of carbonyl (C=O) groups is 1. The molecule has 1 saturated heterocycles. The topological polar surface area (TPSA) is 105 Å². The van der Waals surface area contributed by atoms with E-state index in [2.05, 4.69) is 14.9 Å². The number of aryl methyl sites for hydroxylation is 2. The van der Waals surface area contributed by atoms with Crippen molar-refractivity contribution in [3.8, 4) is 11.4 Å². The van der Waals surface area contributed by atoms with Gasteiger partial charge in [0, 0.05) is 18.7 Å². The van der Waals surface area contributed by atoms with Crippen LogP contribution < -0.4 is 4.72 Å². The Balaban J connectivity index is 1.62. The van der Waals surface area contributed by atoms with E-state index in [-0.39, 0.29) is 22.5 Å². The zero-order chi connectivity index (χ0) is 22.9. The van der Waals surface area contributed by atoms with Gasteiger partial charge in [-0.3, -0.25) is 9.52 Å². The van der Waals surface area contributed by atoms with Crippen molar-refractivity contribution >= 4 is 21.6 Å². The van der Waals surface area contributed by atoms with Crippen LogP contribution in [0.3, 0.4) is 0 Å². The molecule has 2 heterocycles. The molecule has 9 heteroatoms. The van der Waals surface area contributed by atoms with Crippen molar-refractivity contribution < 1.29 is 17.7 Å². The lowest BCUT2D eigenvalue weighted by molar-refractivity contribution is 0.0674. The van der Waals surface area contributed by atoms with E-state index >= 15 is 0 Å². The van der Waals surface area contributed by atoms with E-state index in [0.717, 1.165) is 30.4 Å². The number of sulfonamides is 1. The van der Waals surface area contributed by atoms with Crippen LogP contribution in [-0.2, 0) is 10.0 Å². The number of piperidine rings is 1. The molecule has 0 unspecified atom stereocenters. The maximum absolute atomic E-state index is 13.2. The number of nitrogens with zero attached hydrogens (tertiary/aromatic N) is 3. The Kier molecular flexibility index (Phi) is 6.01. The van der Waals surface area contributed by atoms with Crippen LogP contribution in [0.2, 0.25) is 0 Å². The molecule has 2 aromatic carbocycles. The normalized spacial score (nSPS) is 14.4. The minimum absolute atomic E-state index is 0.0830. The second kappa shape index (κ2) is 8.74. The summed E-state index contributed by atoms with van der Waals surface area (Å²) >= 11 is 0. The standard InChI is InChI=1S/C23H26N4O4S/c1-15-8-7-9-19(17(15)3)26-32(29,30)20-14-18(11-10-16(20)2)21-24-22(31-25-21)23(28)27-12-5-4-6-13-27/h7-11,14,26H,4-6,12-13H2,1-3H3. The number of amides is 1. The molecule has 1 aliphatic heterocycles. The molecule has 1 amide bonds. The van der Waals surface area contributed by atoms with Crippen molar-refractivity contribution in [2.24, 2.45) is 0 Å². The Bertz CT molecular complexity index is 1260. The molecule has 1 aromatic heterocycles. The molecule has 1 N–H and O–H groups in total. The van der Waals surface area contributed by atoms with Gasteiger partial charge in [0.1, 0.15) is 0 Å². The lowest BCUT2D eigenvalue weighted by atomic mass is 10.1. The first kappa shape index (κ1) is 22.0. The van der Waals surface area contributed by atoms with Gasteiger partial charge < -0.3 is 9.42 Å². The van der Waals surface area contributed by atoms with Gasteiger partial charge in [-0.25, -0.2) is 8.42 Å². The molecule has 0 spiro atoms. The summed E-state index contributed by atoms with van der Waals surface area (Å²) in [5, 5.41) is 3.92. The van der Waals surface area contributed by atoms with Crippen molar-refractivity contribution in [2.45, 2.75) is 44.9 Å². The Labute approximate surface area is 187 Å². The van der Waals surface area contributed by atoms with Gasteiger partial charge in [0.15, 0.2) is 0 Å². The number of anilines is 1. The Morgan fingerprint density at radius 1 is 1.03 bits per heavy atom. The Morgan fingerprint density at radius 2 is 1.78 bits per heavy atom. The van der Waals surface area contributed by atoms with Gasteiger partial charge in [0.2, 0.25) is 5.82 Å². The number of likely N-dealkylation sites (tertiary alicyclic amines) is 1. The summed E-state index contributed by atoms with van der Waals surface area (Å²) in [4.78, 5) is 18.7. The molecule has 8 nitrogen and oxygen atoms in total. The fraction of sp³-hybridized carbons (Fsp3) is 0.348. The number of rotatable bonds is 5. The van der Waals surface area contributed by atoms with Crippen LogP contribution in [-0.4, -0.2) is 42.5 Å². The summed E-state index contributed by atoms with van der Waals surface area (Å²) in [7, 11) is -3.85. The predicted molar refractivity (Wildman–Crippen MR) is 121 cm³/mol. The van der Waals surface area contributed by atoms with Crippen molar-refractivity contribution in [1.82, 2.24) is 15.0 Å². The predicted octanol–water partition coefficient (Wildman–Crippen LogP) is 4.09. The molecule has 32 heavy (non-hydrogen) atoms. The van der Waals surface area contributed by atoms with Gasteiger partial charge in [0.05, 0.1) is 10.6 Å². The summed E-state index contributed by atoms with van der Waals surface area (Å²) in [6.45, 7) is 6.87. The minimum atomic E-state index is -3.85. The first-order valence-electron chi connectivity index (χ1n) is 10.6. The molecule has 3 aromatic rings. The molecule has 0 atom stereocenters. The molecule has 168 valence electrons. The average molecular weight is 455 g/mol. The lowest BCUT2D eigenvalue weighted by Crippen LogP contribution is -2.35. The van der Waals surface area contributed by atoms with Gasteiger partial charge in [-0.05, 0) is 68.9 Å². The summed E-state index contributed by atoms with van der Waals surface area (Å²) in [6, 6.07) is 10.4. The molecular weight excluding hydrogens is 428 g/mol. The van der Waals surface area contributed by atoms with Gasteiger partial charge in [-0.2, -0.15) is 4.98 Å². The summed E-state index contributed by atoms with van der Waals surface area (Å²) in [5.74, 6) is -0.200. The zero-order valence-corrected chi connectivity index (χ0v) is 19.2. The van der Waals surface area contributed by atoms with Gasteiger partial charge in [-0.15, -0.1) is 0 Å². The van der Waals surface area contributed by atoms with Crippen LogP contribution in [0.5, 0.6) is 0 Å². The maximum Gasteiger partial charge on any atom is 0.316 e. The van der Waals surface area contributed by atoms with Crippen molar-refractivity contribution in [3.05, 3.63) is 59.0 Å². The van der Waals surface area contributed by atoms with Crippen LogP contribution in [0.15, 0.2) is 45.8 Å². The number of hydrogen-bond acceptors (Lipinski definition) is 6. The molecule has 1 fully saturated rings. The van der Waals surface area contributed by atoms with Crippen LogP contribution in [0.25, 0.3) is 11.4 Å². The number of nitrogens with one attached hydrogen (secondary N) is 1. The minimum Gasteiger partial charge on any atom is -0.334 e. The number of benzene rings is 2. The highest BCUT2D eigenvalue weighted by molar-refractivity contribution is 7.92. The fourth-order valence-electron chi connectivity index (χ4n) is 3.75. The quantitative estimate of drug-likeness (QED) is 0.623. The maximum atomic E-state index is 13.2. The third kappa shape index (κ3) is 4.38. The number of aromatic nitrogens is 2. The SMILES string of the molecule is Cc1ccc(-c2noc(C(=O)N3CCCCC3)n2)cc1S(=O)(=O)Nc1cccc(C)c1C. The molecular formula is C23H26N4O4S. The van der Waals surface area contributed by atoms with E-state index in [0.29, 0.717) is 29.9 Å². The van der Waals surface area contributed by atoms with E-state index in [9.17, 15) is 13.2 Å². The van der Waals surface area contributed by atoms with E-state index < -0.39 is 10.0 Å². The zero-order valence-electron chi connectivity index (χ0n) is 18.4. The highest BCUT2D eigenvalue weighted by Crippen LogP contribution is 2.27. The molecule has 1 aliphatic rings. The molecule has 0 bridgehead atoms. The van der Waals surface area contributed by atoms with E-state index in [1.807, 2.05) is 26.0 Å². The second-order valence-corrected chi connectivity index (χ2v) is 9.76. The average Bonchev–Trinajstić information content (AvgIpc) is 3.27. The van der Waals surface area contributed by atoms with Crippen LogP contribution in [0.1, 0.15) is 46.6 Å². The van der Waals surface area contributed by atoms with Crippen molar-refractivity contribution in [2.75, 3.05) is 17.8 Å². The monoisotopic (exact) mass is 454 g/mol.